The number of aromatic hydroxyl groups is 1. The van der Waals surface area contributed by atoms with Gasteiger partial charge in [-0.25, -0.2) is 4.98 Å². The van der Waals surface area contributed by atoms with Crippen LogP contribution in [0.1, 0.15) is 97.8 Å². The fourth-order valence-corrected chi connectivity index (χ4v) is 9.04. The Kier molecular flexibility index (Phi) is 10.4. The molecule has 0 fully saturated rings. The highest BCUT2D eigenvalue weighted by Crippen LogP contribution is 2.45. The van der Waals surface area contributed by atoms with E-state index in [1.807, 2.05) is 48.7 Å². The Labute approximate surface area is 383 Å². The second kappa shape index (κ2) is 17.3. The van der Waals surface area contributed by atoms with Crippen LogP contribution in [0.25, 0.3) is 72.7 Å². The minimum absolute atomic E-state index is 0.166. The van der Waals surface area contributed by atoms with E-state index in [0.29, 0.717) is 23.4 Å². The first-order valence-electron chi connectivity index (χ1n) is 23.9. The zero-order chi connectivity index (χ0) is 47.2. The van der Waals surface area contributed by atoms with Crippen LogP contribution in [-0.2, 0) is 11.8 Å². The topological polar surface area (TPSA) is 50.9 Å². The molecule has 4 nitrogen and oxygen atoms in total. The summed E-state index contributed by atoms with van der Waals surface area (Å²) in [7, 11) is 0. The lowest BCUT2D eigenvalue weighted by Crippen LogP contribution is -2.12. The second-order valence-electron chi connectivity index (χ2n) is 18.7. The van der Waals surface area contributed by atoms with Gasteiger partial charge in [-0.2, -0.15) is 0 Å². The molecular formula is C60H57N3O. The van der Waals surface area contributed by atoms with Gasteiger partial charge in [-0.15, -0.1) is 0 Å². The van der Waals surface area contributed by atoms with Crippen LogP contribution in [0.15, 0.2) is 170 Å². The molecule has 1 N–H and O–H groups in total. The van der Waals surface area contributed by atoms with Crippen LogP contribution in [0, 0.1) is 6.85 Å². The highest BCUT2D eigenvalue weighted by molar-refractivity contribution is 5.97. The summed E-state index contributed by atoms with van der Waals surface area (Å²) in [6, 6.07) is 56.1. The Hall–Kier alpha value is -7.04. The summed E-state index contributed by atoms with van der Waals surface area (Å²) < 4.78 is 25.9. The van der Waals surface area contributed by atoms with E-state index in [4.69, 9.17) is 14.1 Å². The maximum Gasteiger partial charge on any atom is 0.149 e. The third-order valence-electron chi connectivity index (χ3n) is 12.3. The zero-order valence-electron chi connectivity index (χ0n) is 40.8. The number of aromatic nitrogens is 3. The molecule has 0 aliphatic rings. The lowest BCUT2D eigenvalue weighted by Gasteiger charge is -2.25. The second-order valence-corrected chi connectivity index (χ2v) is 18.7. The van der Waals surface area contributed by atoms with Crippen molar-refractivity contribution in [3.8, 4) is 67.5 Å². The van der Waals surface area contributed by atoms with Crippen molar-refractivity contribution in [1.29, 1.82) is 0 Å². The lowest BCUT2D eigenvalue weighted by atomic mass is 9.85. The molecule has 2 aromatic heterocycles. The summed E-state index contributed by atoms with van der Waals surface area (Å²) in [4.78, 5) is 10.6. The minimum Gasteiger partial charge on any atom is -0.507 e. The Morgan fingerprint density at radius 3 is 1.89 bits per heavy atom. The molecule has 0 saturated heterocycles. The van der Waals surface area contributed by atoms with E-state index >= 15 is 0 Å². The number of benzene rings is 7. The summed E-state index contributed by atoms with van der Waals surface area (Å²) in [5, 5.41) is 12.3. The van der Waals surface area contributed by atoms with E-state index in [9.17, 15) is 5.11 Å². The van der Waals surface area contributed by atoms with E-state index in [1.165, 1.54) is 27.8 Å². The van der Waals surface area contributed by atoms with Crippen molar-refractivity contribution in [2.45, 2.75) is 79.0 Å². The number of rotatable bonds is 10. The Morgan fingerprint density at radius 2 is 1.22 bits per heavy atom. The first-order valence-corrected chi connectivity index (χ1v) is 22.4. The van der Waals surface area contributed by atoms with Gasteiger partial charge in [0.25, 0.3) is 0 Å². The predicted molar refractivity (Wildman–Crippen MR) is 269 cm³/mol. The summed E-state index contributed by atoms with van der Waals surface area (Å²) >= 11 is 0. The molecule has 0 unspecified atom stereocenters. The molecule has 0 aliphatic heterocycles. The Morgan fingerprint density at radius 1 is 0.578 bits per heavy atom. The highest BCUT2D eigenvalue weighted by atomic mass is 16.3. The number of phenols is 1. The molecule has 0 amide bonds. The van der Waals surface area contributed by atoms with Gasteiger partial charge >= 0.3 is 0 Å². The van der Waals surface area contributed by atoms with Crippen LogP contribution in [0.4, 0.5) is 0 Å². The van der Waals surface area contributed by atoms with Gasteiger partial charge in [-0.05, 0) is 135 Å². The Bertz CT molecular complexity index is 3200. The first kappa shape index (κ1) is 38.6. The van der Waals surface area contributed by atoms with Crippen molar-refractivity contribution in [3.63, 3.8) is 0 Å². The number of nitrogens with zero attached hydrogens (tertiary/aromatic N) is 3. The van der Waals surface area contributed by atoms with Gasteiger partial charge in [-0.3, -0.25) is 9.55 Å². The van der Waals surface area contributed by atoms with Gasteiger partial charge in [0.2, 0.25) is 0 Å². The van der Waals surface area contributed by atoms with E-state index in [0.717, 1.165) is 61.4 Å². The molecule has 4 heteroatoms. The molecule has 0 radical (unpaired) electrons. The van der Waals surface area contributed by atoms with Crippen LogP contribution in [0.2, 0.25) is 0 Å². The molecule has 9 aromatic rings. The van der Waals surface area contributed by atoms with E-state index in [1.54, 1.807) is 12.1 Å². The molecule has 0 saturated carbocycles. The van der Waals surface area contributed by atoms with Crippen molar-refractivity contribution in [3.05, 3.63) is 203 Å². The van der Waals surface area contributed by atoms with Gasteiger partial charge in [0, 0.05) is 21.4 Å². The van der Waals surface area contributed by atoms with Crippen molar-refractivity contribution in [2.24, 2.45) is 0 Å². The third-order valence-corrected chi connectivity index (χ3v) is 12.3. The van der Waals surface area contributed by atoms with Crippen molar-refractivity contribution >= 4 is 11.0 Å². The number of pyridine rings is 1. The lowest BCUT2D eigenvalue weighted by molar-refractivity contribution is 0.448. The number of hydrogen-bond acceptors (Lipinski definition) is 3. The van der Waals surface area contributed by atoms with Crippen LogP contribution in [0.3, 0.4) is 0 Å². The number of para-hydroxylation sites is 2. The highest BCUT2D eigenvalue weighted by Gasteiger charge is 2.28. The maximum atomic E-state index is 12.3. The molecule has 7 aromatic carbocycles. The summed E-state index contributed by atoms with van der Waals surface area (Å²) in [6.07, 6.45) is 2.53. The van der Waals surface area contributed by atoms with Crippen molar-refractivity contribution in [1.82, 2.24) is 14.5 Å². The smallest absolute Gasteiger partial charge is 0.149 e. The summed E-state index contributed by atoms with van der Waals surface area (Å²) in [5.41, 5.74) is 17.1. The summed E-state index contributed by atoms with van der Waals surface area (Å²) in [6.45, 7) is 13.2. The molecule has 318 valence electrons. The van der Waals surface area contributed by atoms with E-state index < -0.39 is 6.85 Å². The SMILES string of the molecule is [2H]C([2H])([2H])c1ccc(-c2ccnc(-c3cc(Cc4ccccc4)cc(-c4cccc5c4nc(-c4cccc(C(C)(C)C)c4O)n5-c4c(C(C)C)cc(-c5ccccc5)cc4C(C)C)c3)c2)cc1. The van der Waals surface area contributed by atoms with Crippen molar-refractivity contribution in [2.75, 3.05) is 0 Å². The summed E-state index contributed by atoms with van der Waals surface area (Å²) in [5.74, 6) is 1.25. The number of hydrogen-bond donors (Lipinski definition) is 1. The van der Waals surface area contributed by atoms with E-state index in [2.05, 4.69) is 162 Å². The fourth-order valence-electron chi connectivity index (χ4n) is 9.04. The predicted octanol–water partition coefficient (Wildman–Crippen LogP) is 15.9. The molecular weight excluding hydrogens is 779 g/mol. The molecule has 0 atom stereocenters. The van der Waals surface area contributed by atoms with Gasteiger partial charge in [-0.1, -0.05) is 169 Å². The number of imidazole rings is 1. The van der Waals surface area contributed by atoms with E-state index in [-0.39, 0.29) is 23.0 Å². The fraction of sp³-hybridized carbons (Fsp3) is 0.200. The van der Waals surface area contributed by atoms with Crippen LogP contribution >= 0.6 is 0 Å². The molecule has 0 bridgehead atoms. The minimum atomic E-state index is -2.17. The van der Waals surface area contributed by atoms with Crippen LogP contribution < -0.4 is 0 Å². The first-order chi connectivity index (χ1) is 32.0. The quantitative estimate of drug-likeness (QED) is 0.149. The molecule has 9 rings (SSSR count). The number of phenolic OH excluding ortho intramolecular Hbond substituents is 1. The number of fused-ring (bicyclic) bond motifs is 1. The molecule has 64 heavy (non-hydrogen) atoms. The van der Waals surface area contributed by atoms with Crippen LogP contribution in [-0.4, -0.2) is 19.6 Å². The molecule has 0 aliphatic carbocycles. The third kappa shape index (κ3) is 8.29. The number of aryl methyl sites for hydroxylation is 1. The van der Waals surface area contributed by atoms with Crippen molar-refractivity contribution < 1.29 is 9.22 Å². The monoisotopic (exact) mass is 838 g/mol. The van der Waals surface area contributed by atoms with Gasteiger partial charge in [0.15, 0.2) is 0 Å². The molecule has 0 spiro atoms. The van der Waals surface area contributed by atoms with Crippen LogP contribution in [0.5, 0.6) is 5.75 Å². The van der Waals surface area contributed by atoms with Gasteiger partial charge in [0.05, 0.1) is 28.0 Å². The largest absolute Gasteiger partial charge is 0.507 e. The molecule has 2 heterocycles. The standard InChI is InChI=1S/C60H57N3O/c1-38(2)51-35-46(43-19-13-10-14-20-43)36-52(39(3)4)57(51)63-55-24-16-21-49(56(55)62-59(63)50-22-15-23-53(58(50)64)60(6,7)8)47-32-42(31-41-17-11-9-12-18-41)33-48(34-47)54-37-45(29-30-61-54)44-27-25-40(5)26-28-44/h9-30,32-39,64H,31H2,1-8H3/i5D3. The maximum absolute atomic E-state index is 12.3. The average molecular weight is 839 g/mol. The van der Waals surface area contributed by atoms with Gasteiger partial charge < -0.3 is 5.11 Å². The Balaban J connectivity index is 1.30. The average Bonchev–Trinajstić information content (AvgIpc) is 3.70. The van der Waals surface area contributed by atoms with Gasteiger partial charge in [0.1, 0.15) is 11.6 Å². The normalized spacial score (nSPS) is 12.7. The zero-order valence-corrected chi connectivity index (χ0v) is 37.8.